The number of hydrogen-bond donors (Lipinski definition) is 0. The fraction of sp³-hybridized carbons (Fsp3) is 0.833. The summed E-state index contributed by atoms with van der Waals surface area (Å²) < 4.78 is 0. The van der Waals surface area contributed by atoms with Crippen LogP contribution in [-0.2, 0) is 0 Å². The molecule has 0 spiro atoms. The van der Waals surface area contributed by atoms with Crippen LogP contribution in [0.25, 0.3) is 0 Å². The molecule has 112 valence electrons. The summed E-state index contributed by atoms with van der Waals surface area (Å²) in [5, 5.41) is 1.59. The molecule has 2 rings (SSSR count). The molecule has 0 saturated heterocycles. The van der Waals surface area contributed by atoms with E-state index < -0.39 is 0 Å². The molecule has 21 heavy (non-hydrogen) atoms. The quantitative estimate of drug-likeness (QED) is 0.658. The molecule has 0 unspecified atom stereocenters. The van der Waals surface area contributed by atoms with E-state index in [2.05, 4.69) is 32.4 Å². The minimum absolute atomic E-state index is 0.816. The number of hydrogen-bond acceptors (Lipinski definition) is 0. The van der Waals surface area contributed by atoms with Gasteiger partial charge in [-0.25, -0.2) is 0 Å². The first-order valence-electron chi connectivity index (χ1n) is 9.52. The fourth-order valence-electron chi connectivity index (χ4n) is 3.75. The van der Waals surface area contributed by atoms with Gasteiger partial charge in [0.1, 0.15) is 0 Å². The van der Waals surface area contributed by atoms with E-state index in [0.29, 0.717) is 0 Å². The molecule has 0 N–H and O–H groups in total. The molecule has 1 aromatic rings. The topological polar surface area (TPSA) is 0 Å². The second-order valence-electron chi connectivity index (χ2n) is 6.93. The Balaban J connectivity index is 1.83. The predicted molar refractivity (Wildman–Crippen MR) is 97.9 cm³/mol. The summed E-state index contributed by atoms with van der Waals surface area (Å²) >= 11 is 0. The maximum atomic E-state index is 2.35. The molecule has 0 nitrogen and oxygen atoms in total. The van der Waals surface area contributed by atoms with E-state index in [0.717, 1.165) is 5.92 Å². The summed E-state index contributed by atoms with van der Waals surface area (Å²) in [6.45, 7) is 6.91. The molecule has 1 saturated carbocycles. The van der Waals surface area contributed by atoms with E-state index in [1.807, 2.05) is 0 Å². The zero-order valence-electron chi connectivity index (χ0n) is 13.9. The normalized spacial score (nSPS) is 20.8. The van der Waals surface area contributed by atoms with Gasteiger partial charge in [-0.2, -0.15) is 0 Å². The maximum absolute atomic E-state index is 2.35. The van der Waals surface area contributed by atoms with E-state index in [1.165, 1.54) is 89.9 Å². The van der Waals surface area contributed by atoms with E-state index in [-0.39, 0.29) is 0 Å². The molecule has 1 aromatic heterocycles. The van der Waals surface area contributed by atoms with Crippen molar-refractivity contribution in [3.05, 3.63) is 17.3 Å². The van der Waals surface area contributed by atoms with Gasteiger partial charge in [0.25, 0.3) is 0 Å². The van der Waals surface area contributed by atoms with Crippen molar-refractivity contribution in [1.82, 2.24) is 0 Å². The van der Waals surface area contributed by atoms with E-state index >= 15 is 0 Å². The van der Waals surface area contributed by atoms with Crippen molar-refractivity contribution in [2.75, 3.05) is 0 Å². The van der Waals surface area contributed by atoms with Gasteiger partial charge < -0.3 is 0 Å². The van der Waals surface area contributed by atoms with Crippen LogP contribution in [0, 0.1) is 0 Å². The van der Waals surface area contributed by atoms with Gasteiger partial charge in [0, 0.05) is 0 Å². The van der Waals surface area contributed by atoms with Gasteiger partial charge in [-0.05, 0) is 0 Å². The van der Waals surface area contributed by atoms with E-state index in [9.17, 15) is 0 Å². The van der Waals surface area contributed by atoms with Gasteiger partial charge in [-0.15, -0.1) is 0 Å². The molecule has 1 aliphatic carbocycles. The Labute approximate surface area is 134 Å². The molecule has 1 aliphatic rings. The van der Waals surface area contributed by atoms with Gasteiger partial charge in [-0.3, -0.25) is 0 Å². The van der Waals surface area contributed by atoms with Gasteiger partial charge in [0.2, 0.25) is 0 Å². The van der Waals surface area contributed by atoms with Crippen LogP contribution in [0.15, 0.2) is 11.9 Å². The standard InChI is InChI=1S/C18H31B3/c1-2-4-6-8-10-12-14-17(13-11-9-7-5-3-1)18-19-15-16-20-21-18/h15-17H,1-14H2. The second kappa shape index (κ2) is 11.4. The molecular weight excluding hydrogens is 249 g/mol. The zero-order valence-corrected chi connectivity index (χ0v) is 13.9. The van der Waals surface area contributed by atoms with Gasteiger partial charge in [-0.1, -0.05) is 0 Å². The van der Waals surface area contributed by atoms with Crippen molar-refractivity contribution in [2.24, 2.45) is 0 Å². The minimum atomic E-state index is 0.816. The van der Waals surface area contributed by atoms with E-state index in [1.54, 1.807) is 5.35 Å². The van der Waals surface area contributed by atoms with Crippen molar-refractivity contribution in [3.8, 4) is 0 Å². The van der Waals surface area contributed by atoms with Crippen LogP contribution in [0.3, 0.4) is 0 Å². The van der Waals surface area contributed by atoms with Gasteiger partial charge in [0.15, 0.2) is 0 Å². The zero-order chi connectivity index (χ0) is 14.6. The first kappa shape index (κ1) is 17.2. The third kappa shape index (κ3) is 7.57. The average Bonchev–Trinajstić information content (AvgIpc) is 2.54. The molecule has 0 aromatic carbocycles. The Kier molecular flexibility index (Phi) is 9.30. The van der Waals surface area contributed by atoms with Crippen molar-refractivity contribution < 1.29 is 0 Å². The van der Waals surface area contributed by atoms with Crippen LogP contribution in [-0.4, -0.2) is 20.5 Å². The summed E-state index contributed by atoms with van der Waals surface area (Å²) in [5.74, 6) is 5.18. The monoisotopic (exact) mass is 280 g/mol. The summed E-state index contributed by atoms with van der Waals surface area (Å²) in [5.41, 5.74) is 0. The Morgan fingerprint density at radius 1 is 0.619 bits per heavy atom. The predicted octanol–water partition coefficient (Wildman–Crippen LogP) is 5.26. The van der Waals surface area contributed by atoms with Crippen LogP contribution >= 0.6 is 0 Å². The van der Waals surface area contributed by atoms with Crippen molar-refractivity contribution in [1.29, 1.82) is 0 Å². The van der Waals surface area contributed by atoms with Crippen LogP contribution in [0.2, 0.25) is 0 Å². The Hall–Kier alpha value is -0.195. The van der Waals surface area contributed by atoms with Crippen LogP contribution in [0.4, 0.5) is 0 Å². The Morgan fingerprint density at radius 2 is 1.10 bits per heavy atom. The Morgan fingerprint density at radius 3 is 1.52 bits per heavy atom. The van der Waals surface area contributed by atoms with Crippen molar-refractivity contribution >= 4 is 20.5 Å². The SMILES string of the molecule is b1bc(C2CCCCCCCCCCCCCC2)bcc1. The molecule has 0 atom stereocenters. The van der Waals surface area contributed by atoms with Crippen molar-refractivity contribution in [2.45, 2.75) is 95.8 Å². The molecule has 0 amide bonds. The van der Waals surface area contributed by atoms with E-state index in [4.69, 9.17) is 0 Å². The number of rotatable bonds is 1. The molecule has 1 heterocycles. The molecule has 0 radical (unpaired) electrons. The van der Waals surface area contributed by atoms with Crippen LogP contribution < -0.4 is 0 Å². The third-order valence-corrected chi connectivity index (χ3v) is 5.13. The molecule has 3 heteroatoms. The van der Waals surface area contributed by atoms with Crippen LogP contribution in [0.1, 0.15) is 101 Å². The summed E-state index contributed by atoms with van der Waals surface area (Å²) in [7, 11) is 0. The fourth-order valence-corrected chi connectivity index (χ4v) is 3.75. The Bertz CT molecular complexity index is 337. The third-order valence-electron chi connectivity index (χ3n) is 5.13. The molecule has 0 aliphatic heterocycles. The summed E-state index contributed by atoms with van der Waals surface area (Å²) in [4.78, 5) is 0. The first-order valence-corrected chi connectivity index (χ1v) is 9.52. The second-order valence-corrected chi connectivity index (χ2v) is 6.93. The van der Waals surface area contributed by atoms with Gasteiger partial charge in [0.05, 0.1) is 0 Å². The molecule has 0 bridgehead atoms. The first-order chi connectivity index (χ1) is 10.5. The average molecular weight is 280 g/mol. The van der Waals surface area contributed by atoms with Crippen molar-refractivity contribution in [3.63, 3.8) is 0 Å². The summed E-state index contributed by atoms with van der Waals surface area (Å²) in [6.07, 6.45) is 20.3. The molecular formula is C18H31B3. The van der Waals surface area contributed by atoms with Gasteiger partial charge >= 0.3 is 134 Å². The molecule has 1 fully saturated rings. The van der Waals surface area contributed by atoms with Crippen LogP contribution in [0.5, 0.6) is 0 Å². The summed E-state index contributed by atoms with van der Waals surface area (Å²) in [6, 6.07) is 0.